The summed E-state index contributed by atoms with van der Waals surface area (Å²) < 4.78 is 0. The van der Waals surface area contributed by atoms with Crippen LogP contribution in [-0.4, -0.2) is 5.54 Å². The minimum absolute atomic E-state index is 0.240. The molecule has 0 radical (unpaired) electrons. The zero-order chi connectivity index (χ0) is 7.49. The highest BCUT2D eigenvalue weighted by Crippen LogP contribution is 2.11. The minimum atomic E-state index is -0.240. The maximum absolute atomic E-state index is 5.76. The molecule has 0 atom stereocenters. The van der Waals surface area contributed by atoms with E-state index in [9.17, 15) is 0 Å². The Morgan fingerprint density at radius 1 is 1.56 bits per heavy atom. The number of hydrogen-bond acceptors (Lipinski definition) is 1. The summed E-state index contributed by atoms with van der Waals surface area (Å²) in [5.74, 6) is 0. The van der Waals surface area contributed by atoms with Crippen molar-refractivity contribution < 1.29 is 0 Å². The zero-order valence-corrected chi connectivity index (χ0v) is 6.44. The number of nitrogens with two attached hydrogens (primary N) is 1. The second kappa shape index (κ2) is 2.83. The van der Waals surface area contributed by atoms with Crippen LogP contribution in [-0.2, 0) is 0 Å². The summed E-state index contributed by atoms with van der Waals surface area (Å²) in [5, 5.41) is 0. The molecular weight excluding hydrogens is 110 g/mol. The fourth-order valence-electron chi connectivity index (χ4n) is 0.753. The van der Waals surface area contributed by atoms with Gasteiger partial charge in [0, 0.05) is 5.54 Å². The maximum atomic E-state index is 5.76. The van der Waals surface area contributed by atoms with E-state index in [1.165, 1.54) is 0 Å². The van der Waals surface area contributed by atoms with Crippen molar-refractivity contribution in [3.63, 3.8) is 0 Å². The van der Waals surface area contributed by atoms with Crippen molar-refractivity contribution in [1.29, 1.82) is 0 Å². The first-order valence-electron chi connectivity index (χ1n) is 3.10. The van der Waals surface area contributed by atoms with Crippen LogP contribution in [0, 0.1) is 0 Å². The summed E-state index contributed by atoms with van der Waals surface area (Å²) >= 11 is 0. The van der Waals surface area contributed by atoms with Crippen LogP contribution in [0.4, 0.5) is 0 Å². The van der Waals surface area contributed by atoms with Gasteiger partial charge in [-0.25, -0.2) is 0 Å². The van der Waals surface area contributed by atoms with Crippen molar-refractivity contribution >= 4 is 0 Å². The lowest BCUT2D eigenvalue weighted by atomic mass is 9.95. The van der Waals surface area contributed by atoms with Gasteiger partial charge in [0.05, 0.1) is 0 Å². The van der Waals surface area contributed by atoms with E-state index in [0.717, 1.165) is 5.57 Å². The molecule has 0 amide bonds. The van der Waals surface area contributed by atoms with Gasteiger partial charge < -0.3 is 5.73 Å². The lowest BCUT2D eigenvalue weighted by molar-refractivity contribution is 0.625. The highest BCUT2D eigenvalue weighted by molar-refractivity contribution is 5.26. The Hall–Kier alpha value is -0.560. The molecule has 0 aromatic rings. The molecule has 0 unspecified atom stereocenters. The minimum Gasteiger partial charge on any atom is -0.322 e. The Morgan fingerprint density at radius 2 is 2.00 bits per heavy atom. The van der Waals surface area contributed by atoms with Gasteiger partial charge in [-0.1, -0.05) is 18.7 Å². The van der Waals surface area contributed by atoms with Crippen molar-refractivity contribution in [3.05, 3.63) is 24.3 Å². The lowest BCUT2D eigenvalue weighted by Gasteiger charge is -2.19. The predicted molar refractivity (Wildman–Crippen MR) is 42.2 cm³/mol. The van der Waals surface area contributed by atoms with Crippen LogP contribution < -0.4 is 5.73 Å². The molecule has 2 N–H and O–H groups in total. The predicted octanol–water partition coefficient (Wildman–Crippen LogP) is 1.86. The van der Waals surface area contributed by atoms with Gasteiger partial charge in [0.25, 0.3) is 0 Å². The lowest BCUT2D eigenvalue weighted by Crippen LogP contribution is -2.33. The number of allylic oxidation sites excluding steroid dienone is 1. The molecular formula is C8H15N. The third-order valence-electron chi connectivity index (χ3n) is 1.27. The summed E-state index contributed by atoms with van der Waals surface area (Å²) in [6, 6.07) is 0. The zero-order valence-electron chi connectivity index (χ0n) is 6.44. The van der Waals surface area contributed by atoms with Crippen molar-refractivity contribution in [1.82, 2.24) is 0 Å². The van der Waals surface area contributed by atoms with Crippen LogP contribution in [0.15, 0.2) is 24.3 Å². The van der Waals surface area contributed by atoms with Crippen LogP contribution in [0.25, 0.3) is 0 Å². The summed E-state index contributed by atoms with van der Waals surface area (Å²) in [7, 11) is 0. The molecule has 0 aromatic heterocycles. The highest BCUT2D eigenvalue weighted by atomic mass is 14.7. The molecule has 0 aliphatic rings. The monoisotopic (exact) mass is 125 g/mol. The Kier molecular flexibility index (Phi) is 2.65. The van der Waals surface area contributed by atoms with E-state index >= 15 is 0 Å². The van der Waals surface area contributed by atoms with Gasteiger partial charge in [-0.2, -0.15) is 0 Å². The van der Waals surface area contributed by atoms with E-state index in [4.69, 9.17) is 5.73 Å². The first-order valence-corrected chi connectivity index (χ1v) is 3.10. The highest BCUT2D eigenvalue weighted by Gasteiger charge is 2.12. The molecule has 0 aliphatic carbocycles. The second-order valence-corrected chi connectivity index (χ2v) is 2.67. The molecule has 1 nitrogen and oxygen atoms in total. The van der Waals surface area contributed by atoms with Gasteiger partial charge >= 0.3 is 0 Å². The van der Waals surface area contributed by atoms with E-state index < -0.39 is 0 Å². The van der Waals surface area contributed by atoms with E-state index in [1.807, 2.05) is 26.8 Å². The fourth-order valence-corrected chi connectivity index (χ4v) is 0.753. The molecule has 0 aliphatic heterocycles. The molecule has 1 heteroatoms. The Balaban J connectivity index is 4.32. The molecule has 0 fully saturated rings. The van der Waals surface area contributed by atoms with Gasteiger partial charge in [0.15, 0.2) is 0 Å². The SMILES string of the molecule is C=C/C(=C\C)C(C)(C)N. The average Bonchev–Trinajstić information content (AvgIpc) is 1.65. The summed E-state index contributed by atoms with van der Waals surface area (Å²) in [6.45, 7) is 9.54. The third-order valence-corrected chi connectivity index (χ3v) is 1.27. The Bertz CT molecular complexity index is 126. The first-order chi connectivity index (χ1) is 4.02. The van der Waals surface area contributed by atoms with Gasteiger partial charge in [-0.15, -0.1) is 0 Å². The fraction of sp³-hybridized carbons (Fsp3) is 0.500. The molecule has 0 aromatic carbocycles. The standard InChI is InChI=1S/C8H15N/c1-5-7(6-2)8(3,4)9/h5-6H,1,9H2,2-4H3/b7-6+. The molecule has 0 bridgehead atoms. The van der Waals surface area contributed by atoms with E-state index in [1.54, 1.807) is 6.08 Å². The van der Waals surface area contributed by atoms with Gasteiger partial charge in [0.2, 0.25) is 0 Å². The first kappa shape index (κ1) is 8.44. The number of hydrogen-bond donors (Lipinski definition) is 1. The van der Waals surface area contributed by atoms with Gasteiger partial charge in [-0.3, -0.25) is 0 Å². The number of rotatable bonds is 2. The molecule has 0 saturated heterocycles. The Labute approximate surface area is 57.3 Å². The van der Waals surface area contributed by atoms with Crippen LogP contribution in [0.5, 0.6) is 0 Å². The molecule has 0 heterocycles. The van der Waals surface area contributed by atoms with Crippen LogP contribution in [0.1, 0.15) is 20.8 Å². The summed E-state index contributed by atoms with van der Waals surface area (Å²) in [6.07, 6.45) is 3.77. The Morgan fingerprint density at radius 3 is 2.00 bits per heavy atom. The van der Waals surface area contributed by atoms with E-state index in [2.05, 4.69) is 6.58 Å². The normalized spacial score (nSPS) is 13.6. The second-order valence-electron chi connectivity index (χ2n) is 2.67. The van der Waals surface area contributed by atoms with Crippen LogP contribution in [0.3, 0.4) is 0 Å². The van der Waals surface area contributed by atoms with Crippen molar-refractivity contribution in [2.24, 2.45) is 5.73 Å². The molecule has 0 spiro atoms. The van der Waals surface area contributed by atoms with Crippen LogP contribution in [0.2, 0.25) is 0 Å². The average molecular weight is 125 g/mol. The van der Waals surface area contributed by atoms with Crippen molar-refractivity contribution in [2.75, 3.05) is 0 Å². The van der Waals surface area contributed by atoms with Gasteiger partial charge in [0.1, 0.15) is 0 Å². The quantitative estimate of drug-likeness (QED) is 0.560. The third kappa shape index (κ3) is 2.47. The van der Waals surface area contributed by atoms with E-state index in [0.29, 0.717) is 0 Å². The molecule has 0 rings (SSSR count). The molecule has 9 heavy (non-hydrogen) atoms. The molecule has 52 valence electrons. The van der Waals surface area contributed by atoms with E-state index in [-0.39, 0.29) is 5.54 Å². The largest absolute Gasteiger partial charge is 0.322 e. The smallest absolute Gasteiger partial charge is 0.0348 e. The van der Waals surface area contributed by atoms with Gasteiger partial charge in [-0.05, 0) is 26.3 Å². The summed E-state index contributed by atoms with van der Waals surface area (Å²) in [5.41, 5.74) is 6.61. The summed E-state index contributed by atoms with van der Waals surface area (Å²) in [4.78, 5) is 0. The van der Waals surface area contributed by atoms with Crippen LogP contribution >= 0.6 is 0 Å². The van der Waals surface area contributed by atoms with Crippen molar-refractivity contribution in [3.8, 4) is 0 Å². The maximum Gasteiger partial charge on any atom is 0.0348 e. The van der Waals surface area contributed by atoms with Crippen molar-refractivity contribution in [2.45, 2.75) is 26.3 Å². The topological polar surface area (TPSA) is 26.0 Å². The molecule has 0 saturated carbocycles.